The molecule has 166 valence electrons. The Bertz CT molecular complexity index is 1160. The van der Waals surface area contributed by atoms with Crippen LogP contribution < -0.4 is 5.43 Å². The number of hydrogen-bond acceptors (Lipinski definition) is 4. The maximum atomic E-state index is 13.2. The third kappa shape index (κ3) is 3.93. The molecule has 0 spiro atoms. The molecule has 0 saturated carbocycles. The number of rotatable bonds is 2. The molecule has 2 aromatic rings. The number of carbonyl (C=O) groups excluding carboxylic acids is 1. The summed E-state index contributed by atoms with van der Waals surface area (Å²) in [6.45, 7) is 8.65. The first-order valence-corrected chi connectivity index (χ1v) is 11.1. The highest BCUT2D eigenvalue weighted by Gasteiger charge is 2.40. The minimum absolute atomic E-state index is 0.0501. The number of amides is 1. The molecular weight excluding hydrogens is 402 g/mol. The number of carbonyl (C=O) groups is 1. The summed E-state index contributed by atoms with van der Waals surface area (Å²) in [5.41, 5.74) is 2.56. The first-order valence-electron chi connectivity index (χ1n) is 11.1. The fourth-order valence-electron chi connectivity index (χ4n) is 4.69. The Morgan fingerprint density at radius 1 is 1.19 bits per heavy atom. The van der Waals surface area contributed by atoms with Crippen LogP contribution in [0.2, 0.25) is 0 Å². The molecule has 32 heavy (non-hydrogen) atoms. The molecule has 0 saturated heterocycles. The first-order chi connectivity index (χ1) is 15.4. The summed E-state index contributed by atoms with van der Waals surface area (Å²) in [7, 11) is 0. The van der Waals surface area contributed by atoms with E-state index in [9.17, 15) is 14.7 Å². The Morgan fingerprint density at radius 2 is 1.97 bits per heavy atom. The minimum atomic E-state index is -0.652. The lowest BCUT2D eigenvalue weighted by molar-refractivity contribution is 0.0570. The number of benzene rings is 1. The van der Waals surface area contributed by atoms with Crippen molar-refractivity contribution >= 4 is 5.91 Å². The molecule has 1 aliphatic carbocycles. The Hall–Kier alpha value is -3.41. The SMILES string of the molecule is C=C1/C=C\C=C/CCCc2ccccc2C1C1CN(C(C)C)C(=O)c2c(O)c(=O)cnn21. The normalized spacial score (nSPS) is 23.3. The lowest BCUT2D eigenvalue weighted by Crippen LogP contribution is -2.49. The van der Waals surface area contributed by atoms with Gasteiger partial charge in [0, 0.05) is 18.5 Å². The number of hydrogen-bond donors (Lipinski definition) is 1. The van der Waals surface area contributed by atoms with Crippen molar-refractivity contribution < 1.29 is 9.90 Å². The molecule has 6 heteroatoms. The number of aromatic nitrogens is 2. The largest absolute Gasteiger partial charge is 0.502 e. The van der Waals surface area contributed by atoms with E-state index >= 15 is 0 Å². The molecular formula is C26H29N3O3. The maximum absolute atomic E-state index is 13.2. The van der Waals surface area contributed by atoms with Gasteiger partial charge in [-0.2, -0.15) is 5.10 Å². The highest BCUT2D eigenvalue weighted by Crippen LogP contribution is 2.41. The van der Waals surface area contributed by atoms with Crippen LogP contribution in [0.1, 0.15) is 60.3 Å². The van der Waals surface area contributed by atoms with E-state index in [2.05, 4.69) is 29.9 Å². The Labute approximate surface area is 188 Å². The van der Waals surface area contributed by atoms with Crippen LogP contribution in [0.15, 0.2) is 71.7 Å². The fraction of sp³-hybridized carbons (Fsp3) is 0.346. The van der Waals surface area contributed by atoms with Crippen molar-refractivity contribution in [1.82, 2.24) is 14.7 Å². The second-order valence-corrected chi connectivity index (χ2v) is 8.70. The summed E-state index contributed by atoms with van der Waals surface area (Å²) in [5, 5.41) is 14.9. The average molecular weight is 432 g/mol. The second kappa shape index (κ2) is 8.99. The maximum Gasteiger partial charge on any atom is 0.276 e. The number of aryl methyl sites for hydroxylation is 1. The van der Waals surface area contributed by atoms with Gasteiger partial charge < -0.3 is 10.0 Å². The van der Waals surface area contributed by atoms with E-state index in [0.29, 0.717) is 6.54 Å². The van der Waals surface area contributed by atoms with Gasteiger partial charge in [0.15, 0.2) is 11.4 Å². The van der Waals surface area contributed by atoms with Gasteiger partial charge in [-0.1, -0.05) is 55.1 Å². The van der Waals surface area contributed by atoms with Gasteiger partial charge in [-0.3, -0.25) is 14.3 Å². The van der Waals surface area contributed by atoms with E-state index in [1.807, 2.05) is 44.2 Å². The molecule has 2 heterocycles. The lowest BCUT2D eigenvalue weighted by atomic mass is 9.80. The second-order valence-electron chi connectivity index (χ2n) is 8.70. The molecule has 0 bridgehead atoms. The third-order valence-electron chi connectivity index (χ3n) is 6.32. The summed E-state index contributed by atoms with van der Waals surface area (Å²) in [5.74, 6) is -1.11. The summed E-state index contributed by atoms with van der Waals surface area (Å²) in [6, 6.07) is 7.91. The minimum Gasteiger partial charge on any atom is -0.502 e. The molecule has 0 radical (unpaired) electrons. The van der Waals surface area contributed by atoms with Gasteiger partial charge in [0.2, 0.25) is 5.43 Å². The number of nitrogens with zero attached hydrogens (tertiary/aromatic N) is 3. The van der Waals surface area contributed by atoms with Gasteiger partial charge in [-0.25, -0.2) is 0 Å². The number of allylic oxidation sites excluding steroid dienone is 5. The van der Waals surface area contributed by atoms with E-state index in [0.717, 1.165) is 36.6 Å². The van der Waals surface area contributed by atoms with Gasteiger partial charge >= 0.3 is 0 Å². The van der Waals surface area contributed by atoms with Crippen molar-refractivity contribution in [3.63, 3.8) is 0 Å². The molecule has 4 rings (SSSR count). The van der Waals surface area contributed by atoms with Crippen LogP contribution in [-0.2, 0) is 6.42 Å². The molecule has 1 aliphatic heterocycles. The average Bonchev–Trinajstić information content (AvgIpc) is 2.80. The van der Waals surface area contributed by atoms with Crippen LogP contribution >= 0.6 is 0 Å². The zero-order valence-electron chi connectivity index (χ0n) is 18.6. The molecule has 0 fully saturated rings. The zero-order valence-corrected chi connectivity index (χ0v) is 18.6. The molecule has 2 aliphatic rings. The molecule has 1 aromatic carbocycles. The summed E-state index contributed by atoms with van der Waals surface area (Å²) >= 11 is 0. The molecule has 2 unspecified atom stereocenters. The van der Waals surface area contributed by atoms with Crippen molar-refractivity contribution in [1.29, 1.82) is 0 Å². The molecule has 2 atom stereocenters. The summed E-state index contributed by atoms with van der Waals surface area (Å²) in [6.07, 6.45) is 12.2. The van der Waals surface area contributed by atoms with Crippen LogP contribution in [0.5, 0.6) is 5.75 Å². The highest BCUT2D eigenvalue weighted by molar-refractivity contribution is 5.96. The van der Waals surface area contributed by atoms with E-state index in [4.69, 9.17) is 0 Å². The van der Waals surface area contributed by atoms with E-state index in [1.54, 1.807) is 4.90 Å². The lowest BCUT2D eigenvalue weighted by Gasteiger charge is -2.41. The third-order valence-corrected chi connectivity index (χ3v) is 6.32. The van der Waals surface area contributed by atoms with E-state index in [-0.39, 0.29) is 29.6 Å². The monoisotopic (exact) mass is 431 g/mol. The van der Waals surface area contributed by atoms with Crippen molar-refractivity contribution in [3.8, 4) is 5.75 Å². The van der Waals surface area contributed by atoms with Gasteiger partial charge in [0.05, 0.1) is 12.2 Å². The highest BCUT2D eigenvalue weighted by atomic mass is 16.3. The van der Waals surface area contributed by atoms with E-state index in [1.165, 1.54) is 10.2 Å². The number of aromatic hydroxyl groups is 1. The van der Waals surface area contributed by atoms with Crippen molar-refractivity contribution in [3.05, 3.63) is 94.0 Å². The predicted molar refractivity (Wildman–Crippen MR) is 125 cm³/mol. The van der Waals surface area contributed by atoms with Crippen LogP contribution in [0.4, 0.5) is 0 Å². The number of fused-ring (bicyclic) bond motifs is 2. The molecule has 1 N–H and O–H groups in total. The van der Waals surface area contributed by atoms with Gasteiger partial charge in [0.1, 0.15) is 0 Å². The smallest absolute Gasteiger partial charge is 0.276 e. The summed E-state index contributed by atoms with van der Waals surface area (Å²) < 4.78 is 1.54. The van der Waals surface area contributed by atoms with Crippen molar-refractivity contribution in [2.24, 2.45) is 0 Å². The topological polar surface area (TPSA) is 75.4 Å². The molecule has 1 aromatic heterocycles. The molecule has 1 amide bonds. The molecule has 6 nitrogen and oxygen atoms in total. The van der Waals surface area contributed by atoms with Gasteiger partial charge in [0.25, 0.3) is 5.91 Å². The van der Waals surface area contributed by atoms with Crippen LogP contribution in [-0.4, -0.2) is 38.3 Å². The fourth-order valence-corrected chi connectivity index (χ4v) is 4.69. The van der Waals surface area contributed by atoms with Crippen molar-refractivity contribution in [2.75, 3.05) is 6.54 Å². The summed E-state index contributed by atoms with van der Waals surface area (Å²) in [4.78, 5) is 27.0. The first kappa shape index (κ1) is 21.8. The van der Waals surface area contributed by atoms with Gasteiger partial charge in [-0.15, -0.1) is 0 Å². The predicted octanol–water partition coefficient (Wildman–Crippen LogP) is 4.14. The standard InChI is InChI=1S/C26H29N3O3/c1-17(2)28-16-21(29-24(26(28)32)25(31)22(30)15-27-29)23-18(3)11-7-5-4-6-8-12-19-13-9-10-14-20(19)23/h4-5,7,9-11,13-15,17,21,23,31H,3,6,8,12,16H2,1-2H3/b5-4-,11-7-. The Morgan fingerprint density at radius 3 is 2.75 bits per heavy atom. The van der Waals surface area contributed by atoms with Crippen LogP contribution in [0.3, 0.4) is 0 Å². The van der Waals surface area contributed by atoms with Crippen molar-refractivity contribution in [2.45, 2.75) is 51.1 Å². The Kier molecular flexibility index (Phi) is 6.12. The van der Waals surface area contributed by atoms with Crippen LogP contribution in [0.25, 0.3) is 0 Å². The van der Waals surface area contributed by atoms with Gasteiger partial charge in [-0.05, 0) is 49.8 Å². The Balaban J connectivity index is 1.94. The van der Waals surface area contributed by atoms with Crippen LogP contribution in [0, 0.1) is 0 Å². The zero-order chi connectivity index (χ0) is 22.8. The van der Waals surface area contributed by atoms with E-state index < -0.39 is 11.2 Å². The quantitative estimate of drug-likeness (QED) is 0.775.